The minimum atomic E-state index is 0.698. The Morgan fingerprint density at radius 2 is 2.36 bits per heavy atom. The maximum Gasteiger partial charge on any atom is 0.180 e. The quantitative estimate of drug-likeness (QED) is 0.776. The van der Waals surface area contributed by atoms with Crippen molar-refractivity contribution in [1.82, 2.24) is 15.2 Å². The van der Waals surface area contributed by atoms with Crippen LogP contribution in [-0.4, -0.2) is 36.1 Å². The standard InChI is InChI=1S/C10H17N3O/c1-11-9-2-4-13(5-3-9)6-10-7-14-8-12-10/h7-9,11H,2-6H2,1H3. The first-order valence-electron chi connectivity index (χ1n) is 5.15. The average Bonchev–Trinajstić information content (AvgIpc) is 2.72. The first-order chi connectivity index (χ1) is 6.88. The zero-order chi connectivity index (χ0) is 9.80. The van der Waals surface area contributed by atoms with Gasteiger partial charge in [-0.2, -0.15) is 0 Å². The Hall–Kier alpha value is -0.870. The molecule has 1 aromatic rings. The molecule has 1 aromatic heterocycles. The molecule has 2 rings (SSSR count). The molecule has 0 saturated carbocycles. The lowest BCUT2D eigenvalue weighted by Gasteiger charge is -2.30. The molecule has 4 nitrogen and oxygen atoms in total. The minimum Gasteiger partial charge on any atom is -0.451 e. The fourth-order valence-electron chi connectivity index (χ4n) is 1.92. The zero-order valence-electron chi connectivity index (χ0n) is 8.57. The summed E-state index contributed by atoms with van der Waals surface area (Å²) in [6.45, 7) is 3.23. The van der Waals surface area contributed by atoms with Crippen LogP contribution in [0.5, 0.6) is 0 Å². The van der Waals surface area contributed by atoms with Crippen LogP contribution in [0.4, 0.5) is 0 Å². The van der Waals surface area contributed by atoms with E-state index in [9.17, 15) is 0 Å². The van der Waals surface area contributed by atoms with Crippen LogP contribution >= 0.6 is 0 Å². The maximum absolute atomic E-state index is 4.95. The molecule has 0 unspecified atom stereocenters. The van der Waals surface area contributed by atoms with Crippen molar-refractivity contribution in [2.24, 2.45) is 0 Å². The van der Waals surface area contributed by atoms with Crippen molar-refractivity contribution in [2.75, 3.05) is 20.1 Å². The van der Waals surface area contributed by atoms with Gasteiger partial charge in [-0.1, -0.05) is 0 Å². The van der Waals surface area contributed by atoms with E-state index >= 15 is 0 Å². The smallest absolute Gasteiger partial charge is 0.180 e. The Morgan fingerprint density at radius 3 is 2.93 bits per heavy atom. The van der Waals surface area contributed by atoms with Crippen LogP contribution in [0.25, 0.3) is 0 Å². The van der Waals surface area contributed by atoms with Crippen LogP contribution in [0, 0.1) is 0 Å². The van der Waals surface area contributed by atoms with Crippen LogP contribution in [0.3, 0.4) is 0 Å². The third kappa shape index (κ3) is 2.33. The Bertz CT molecular complexity index is 252. The summed E-state index contributed by atoms with van der Waals surface area (Å²) < 4.78 is 4.95. The highest BCUT2D eigenvalue weighted by atomic mass is 16.3. The molecular formula is C10H17N3O. The van der Waals surface area contributed by atoms with Gasteiger partial charge in [0.25, 0.3) is 0 Å². The van der Waals surface area contributed by atoms with Crippen molar-refractivity contribution in [2.45, 2.75) is 25.4 Å². The number of piperidine rings is 1. The molecule has 14 heavy (non-hydrogen) atoms. The summed E-state index contributed by atoms with van der Waals surface area (Å²) in [5, 5.41) is 3.32. The van der Waals surface area contributed by atoms with E-state index in [0.717, 1.165) is 25.3 Å². The van der Waals surface area contributed by atoms with E-state index < -0.39 is 0 Å². The molecule has 0 spiro atoms. The first-order valence-corrected chi connectivity index (χ1v) is 5.15. The van der Waals surface area contributed by atoms with Crippen molar-refractivity contribution in [3.63, 3.8) is 0 Å². The molecule has 0 atom stereocenters. The van der Waals surface area contributed by atoms with Crippen molar-refractivity contribution in [3.05, 3.63) is 18.4 Å². The lowest BCUT2D eigenvalue weighted by atomic mass is 10.1. The van der Waals surface area contributed by atoms with Crippen LogP contribution in [0.15, 0.2) is 17.1 Å². The van der Waals surface area contributed by atoms with Crippen LogP contribution in [-0.2, 0) is 6.54 Å². The van der Waals surface area contributed by atoms with E-state index in [1.807, 2.05) is 7.05 Å². The fraction of sp³-hybridized carbons (Fsp3) is 0.700. The number of likely N-dealkylation sites (tertiary alicyclic amines) is 1. The van der Waals surface area contributed by atoms with Crippen molar-refractivity contribution in [3.8, 4) is 0 Å². The van der Waals surface area contributed by atoms with Gasteiger partial charge >= 0.3 is 0 Å². The molecule has 0 aliphatic carbocycles. The van der Waals surface area contributed by atoms with Gasteiger partial charge in [0.05, 0.1) is 5.69 Å². The Labute approximate surface area is 84.3 Å². The van der Waals surface area contributed by atoms with Gasteiger partial charge in [-0.15, -0.1) is 0 Å². The van der Waals surface area contributed by atoms with Crippen LogP contribution in [0.2, 0.25) is 0 Å². The number of hydrogen-bond donors (Lipinski definition) is 1. The van der Waals surface area contributed by atoms with E-state index in [1.54, 1.807) is 6.26 Å². The molecule has 4 heteroatoms. The topological polar surface area (TPSA) is 41.3 Å². The van der Waals surface area contributed by atoms with E-state index in [2.05, 4.69) is 15.2 Å². The second-order valence-corrected chi connectivity index (χ2v) is 3.82. The second kappa shape index (κ2) is 4.57. The number of nitrogens with one attached hydrogen (secondary N) is 1. The number of aromatic nitrogens is 1. The molecule has 1 fully saturated rings. The van der Waals surface area contributed by atoms with Gasteiger partial charge in [0.1, 0.15) is 6.26 Å². The number of nitrogens with zero attached hydrogens (tertiary/aromatic N) is 2. The van der Waals surface area contributed by atoms with Gasteiger partial charge in [0.15, 0.2) is 6.39 Å². The van der Waals surface area contributed by atoms with Crippen LogP contribution < -0.4 is 5.32 Å². The molecule has 0 amide bonds. The molecule has 1 aliphatic rings. The molecule has 1 saturated heterocycles. The SMILES string of the molecule is CNC1CCN(Cc2cocn2)CC1. The summed E-state index contributed by atoms with van der Waals surface area (Å²) in [4.78, 5) is 6.55. The Kier molecular flexibility index (Phi) is 3.16. The maximum atomic E-state index is 4.95. The van der Waals surface area contributed by atoms with Crippen molar-refractivity contribution < 1.29 is 4.42 Å². The summed E-state index contributed by atoms with van der Waals surface area (Å²) in [6, 6.07) is 0.698. The molecule has 1 N–H and O–H groups in total. The third-order valence-corrected chi connectivity index (χ3v) is 2.86. The van der Waals surface area contributed by atoms with Gasteiger partial charge in [0.2, 0.25) is 0 Å². The summed E-state index contributed by atoms with van der Waals surface area (Å²) in [7, 11) is 2.04. The first kappa shape index (κ1) is 9.68. The molecule has 0 radical (unpaired) electrons. The van der Waals surface area contributed by atoms with Gasteiger partial charge in [0, 0.05) is 25.7 Å². The summed E-state index contributed by atoms with van der Waals surface area (Å²) in [5.41, 5.74) is 1.04. The zero-order valence-corrected chi connectivity index (χ0v) is 8.57. The Balaban J connectivity index is 1.79. The van der Waals surface area contributed by atoms with Gasteiger partial charge in [-0.05, 0) is 19.9 Å². The van der Waals surface area contributed by atoms with Gasteiger partial charge in [-0.25, -0.2) is 4.98 Å². The molecule has 2 heterocycles. The molecule has 78 valence electrons. The van der Waals surface area contributed by atoms with Gasteiger partial charge < -0.3 is 9.73 Å². The minimum absolute atomic E-state index is 0.698. The highest BCUT2D eigenvalue weighted by molar-refractivity contribution is 4.91. The van der Waals surface area contributed by atoms with Crippen molar-refractivity contribution in [1.29, 1.82) is 0 Å². The van der Waals surface area contributed by atoms with E-state index in [0.29, 0.717) is 6.04 Å². The average molecular weight is 195 g/mol. The lowest BCUT2D eigenvalue weighted by molar-refractivity contribution is 0.192. The monoisotopic (exact) mass is 195 g/mol. The van der Waals surface area contributed by atoms with E-state index in [4.69, 9.17) is 4.42 Å². The summed E-state index contributed by atoms with van der Waals surface area (Å²) >= 11 is 0. The molecule has 0 aromatic carbocycles. The lowest BCUT2D eigenvalue weighted by Crippen LogP contribution is -2.40. The Morgan fingerprint density at radius 1 is 1.57 bits per heavy atom. The number of oxazole rings is 1. The molecule has 0 bridgehead atoms. The predicted octanol–water partition coefficient (Wildman–Crippen LogP) is 0.858. The van der Waals surface area contributed by atoms with E-state index in [-0.39, 0.29) is 0 Å². The second-order valence-electron chi connectivity index (χ2n) is 3.82. The normalized spacial score (nSPS) is 20.1. The van der Waals surface area contributed by atoms with Crippen LogP contribution in [0.1, 0.15) is 18.5 Å². The number of rotatable bonds is 3. The van der Waals surface area contributed by atoms with E-state index in [1.165, 1.54) is 19.2 Å². The van der Waals surface area contributed by atoms with Crippen molar-refractivity contribution >= 4 is 0 Å². The summed E-state index contributed by atoms with van der Waals surface area (Å²) in [6.07, 6.45) is 5.68. The highest BCUT2D eigenvalue weighted by Crippen LogP contribution is 2.12. The highest BCUT2D eigenvalue weighted by Gasteiger charge is 2.17. The third-order valence-electron chi connectivity index (χ3n) is 2.86. The van der Waals surface area contributed by atoms with Gasteiger partial charge in [-0.3, -0.25) is 4.90 Å². The summed E-state index contributed by atoms with van der Waals surface area (Å²) in [5.74, 6) is 0. The largest absolute Gasteiger partial charge is 0.451 e. The number of hydrogen-bond acceptors (Lipinski definition) is 4. The fourth-order valence-corrected chi connectivity index (χ4v) is 1.92. The molecule has 1 aliphatic heterocycles. The predicted molar refractivity (Wildman–Crippen MR) is 53.9 cm³/mol. The molecular weight excluding hydrogens is 178 g/mol.